The van der Waals surface area contributed by atoms with Crippen molar-refractivity contribution in [1.29, 1.82) is 5.26 Å². The molecule has 138 valence electrons. The summed E-state index contributed by atoms with van der Waals surface area (Å²) in [6, 6.07) is 4.90. The minimum Gasteiger partial charge on any atom is -0.419 e. The Balaban J connectivity index is 2.14. The highest BCUT2D eigenvalue weighted by Crippen LogP contribution is 2.37. The topological polar surface area (TPSA) is 82.2 Å². The molecule has 0 radical (unpaired) electrons. The van der Waals surface area contributed by atoms with E-state index in [0.29, 0.717) is 17.0 Å². The molecule has 0 spiro atoms. The van der Waals surface area contributed by atoms with Crippen LogP contribution >= 0.6 is 34.8 Å². The first-order valence-electron chi connectivity index (χ1n) is 7.82. The summed E-state index contributed by atoms with van der Waals surface area (Å²) >= 11 is 18.1. The summed E-state index contributed by atoms with van der Waals surface area (Å²) in [6.07, 6.45) is 1.94. The number of nitrogens with one attached hydrogen (secondary N) is 1. The second kappa shape index (κ2) is 9.24. The van der Waals surface area contributed by atoms with Crippen molar-refractivity contribution < 1.29 is 9.21 Å². The number of hydrogen-bond donors (Lipinski definition) is 1. The number of hydrogen-bond acceptors (Lipinski definition) is 5. The number of oxazole rings is 1. The van der Waals surface area contributed by atoms with Gasteiger partial charge in [0.05, 0.1) is 15.6 Å². The zero-order chi connectivity index (χ0) is 19.3. The van der Waals surface area contributed by atoms with E-state index in [2.05, 4.69) is 10.3 Å². The molecule has 6 nitrogen and oxygen atoms in total. The number of aromatic nitrogens is 1. The maximum absolute atomic E-state index is 12.1. The number of anilines is 1. The lowest BCUT2D eigenvalue weighted by Gasteiger charge is -2.08. The Morgan fingerprint density at radius 2 is 2.04 bits per heavy atom. The lowest BCUT2D eigenvalue weighted by atomic mass is 10.2. The molecule has 0 saturated carbocycles. The molecule has 0 bridgehead atoms. The molecule has 0 unspecified atom stereocenters. The molecule has 0 atom stereocenters. The number of carbonyl (C=O) groups is 1. The SMILES string of the molecule is CN(C)CCCCC(=O)Nc1oc(-c2cc(Cl)cc(Cl)c2Cl)nc1C#N. The van der Waals surface area contributed by atoms with Crippen LogP contribution in [0.1, 0.15) is 25.0 Å². The van der Waals surface area contributed by atoms with Gasteiger partial charge in [-0.05, 0) is 45.6 Å². The third-order valence-corrected chi connectivity index (χ3v) is 4.49. The fraction of sp³-hybridized carbons (Fsp3) is 0.353. The van der Waals surface area contributed by atoms with Crippen molar-refractivity contribution in [2.75, 3.05) is 26.0 Å². The summed E-state index contributed by atoms with van der Waals surface area (Å²) in [7, 11) is 3.95. The number of rotatable bonds is 7. The van der Waals surface area contributed by atoms with Gasteiger partial charge in [-0.25, -0.2) is 0 Å². The van der Waals surface area contributed by atoms with E-state index in [1.54, 1.807) is 0 Å². The Kier molecular flexibility index (Phi) is 7.30. The molecule has 0 saturated heterocycles. The van der Waals surface area contributed by atoms with E-state index < -0.39 is 0 Å². The molecular formula is C17H17Cl3N4O2. The van der Waals surface area contributed by atoms with Crippen LogP contribution < -0.4 is 5.32 Å². The molecule has 9 heteroatoms. The molecule has 0 fully saturated rings. The van der Waals surface area contributed by atoms with E-state index in [1.807, 2.05) is 25.1 Å². The second-order valence-electron chi connectivity index (χ2n) is 5.87. The van der Waals surface area contributed by atoms with Crippen molar-refractivity contribution in [3.63, 3.8) is 0 Å². The van der Waals surface area contributed by atoms with Gasteiger partial charge in [0.25, 0.3) is 0 Å². The average molecular weight is 416 g/mol. The zero-order valence-corrected chi connectivity index (χ0v) is 16.5. The smallest absolute Gasteiger partial charge is 0.239 e. The Morgan fingerprint density at radius 1 is 1.31 bits per heavy atom. The number of unbranched alkanes of at least 4 members (excludes halogenated alkanes) is 1. The van der Waals surface area contributed by atoms with Crippen molar-refractivity contribution in [2.24, 2.45) is 0 Å². The van der Waals surface area contributed by atoms with Gasteiger partial charge in [0, 0.05) is 11.4 Å². The lowest BCUT2D eigenvalue weighted by molar-refractivity contribution is -0.116. The molecule has 0 aliphatic heterocycles. The van der Waals surface area contributed by atoms with Gasteiger partial charge < -0.3 is 9.32 Å². The molecule has 1 aromatic heterocycles. The first-order valence-corrected chi connectivity index (χ1v) is 8.95. The molecule has 1 aromatic carbocycles. The van der Waals surface area contributed by atoms with E-state index in [0.717, 1.165) is 19.4 Å². The number of nitrogens with zero attached hydrogens (tertiary/aromatic N) is 3. The largest absolute Gasteiger partial charge is 0.419 e. The zero-order valence-electron chi connectivity index (χ0n) is 14.3. The first kappa shape index (κ1) is 20.5. The van der Waals surface area contributed by atoms with E-state index >= 15 is 0 Å². The van der Waals surface area contributed by atoms with E-state index in [9.17, 15) is 10.1 Å². The van der Waals surface area contributed by atoms with E-state index in [1.165, 1.54) is 12.1 Å². The molecule has 1 N–H and O–H groups in total. The Morgan fingerprint density at radius 3 is 2.69 bits per heavy atom. The van der Waals surface area contributed by atoms with Crippen LogP contribution in [0.15, 0.2) is 16.5 Å². The van der Waals surface area contributed by atoms with Crippen molar-refractivity contribution in [1.82, 2.24) is 9.88 Å². The maximum atomic E-state index is 12.1. The van der Waals surface area contributed by atoms with Gasteiger partial charge in [0.15, 0.2) is 0 Å². The first-order chi connectivity index (χ1) is 12.3. The van der Waals surface area contributed by atoms with Crippen LogP contribution in [0.25, 0.3) is 11.5 Å². The average Bonchev–Trinajstić information content (AvgIpc) is 2.97. The lowest BCUT2D eigenvalue weighted by Crippen LogP contribution is -2.15. The van der Waals surface area contributed by atoms with Crippen molar-refractivity contribution >= 4 is 46.6 Å². The van der Waals surface area contributed by atoms with Crippen molar-refractivity contribution in [3.8, 4) is 17.5 Å². The van der Waals surface area contributed by atoms with Gasteiger partial charge in [-0.2, -0.15) is 10.2 Å². The number of amides is 1. The highest BCUT2D eigenvalue weighted by molar-refractivity contribution is 6.44. The summed E-state index contributed by atoms with van der Waals surface area (Å²) in [4.78, 5) is 18.2. The summed E-state index contributed by atoms with van der Waals surface area (Å²) < 4.78 is 5.52. The fourth-order valence-electron chi connectivity index (χ4n) is 2.21. The molecule has 1 amide bonds. The number of benzene rings is 1. The van der Waals surface area contributed by atoms with Crippen LogP contribution in [0, 0.1) is 11.3 Å². The molecule has 26 heavy (non-hydrogen) atoms. The Bertz CT molecular complexity index is 843. The van der Waals surface area contributed by atoms with Gasteiger partial charge in [-0.3, -0.25) is 10.1 Å². The maximum Gasteiger partial charge on any atom is 0.239 e. The summed E-state index contributed by atoms with van der Waals surface area (Å²) in [5.74, 6) is -0.218. The monoisotopic (exact) mass is 414 g/mol. The summed E-state index contributed by atoms with van der Waals surface area (Å²) in [6.45, 7) is 0.900. The third-order valence-electron chi connectivity index (χ3n) is 3.47. The predicted octanol–water partition coefficient (Wildman–Crippen LogP) is 4.84. The van der Waals surface area contributed by atoms with Crippen LogP contribution in [0.2, 0.25) is 15.1 Å². The van der Waals surface area contributed by atoms with Gasteiger partial charge >= 0.3 is 0 Å². The van der Waals surface area contributed by atoms with E-state index in [4.69, 9.17) is 39.2 Å². The van der Waals surface area contributed by atoms with Crippen molar-refractivity contribution in [2.45, 2.75) is 19.3 Å². The van der Waals surface area contributed by atoms with Crippen molar-refractivity contribution in [3.05, 3.63) is 32.9 Å². The fourth-order valence-corrected chi connectivity index (χ4v) is 2.89. The second-order valence-corrected chi connectivity index (χ2v) is 7.09. The molecule has 0 aliphatic carbocycles. The molecular weight excluding hydrogens is 399 g/mol. The molecule has 1 heterocycles. The number of carbonyl (C=O) groups excluding carboxylic acids is 1. The van der Waals surface area contributed by atoms with Crippen LogP contribution in [-0.4, -0.2) is 36.4 Å². The standard InChI is InChI=1S/C17H17Cl3N4O2/c1-24(2)6-4-3-5-14(25)23-17-13(9-21)22-16(26-17)11-7-10(18)8-12(19)15(11)20/h7-8H,3-6H2,1-2H3,(H,23,25). The third kappa shape index (κ3) is 5.36. The number of nitriles is 1. The van der Waals surface area contributed by atoms with Gasteiger partial charge in [0.2, 0.25) is 23.4 Å². The Labute approximate surface area is 166 Å². The van der Waals surface area contributed by atoms with Crippen LogP contribution in [0.5, 0.6) is 0 Å². The van der Waals surface area contributed by atoms with Gasteiger partial charge in [-0.15, -0.1) is 0 Å². The van der Waals surface area contributed by atoms with E-state index in [-0.39, 0.29) is 33.4 Å². The quantitative estimate of drug-likeness (QED) is 0.516. The van der Waals surface area contributed by atoms with Crippen LogP contribution in [0.3, 0.4) is 0 Å². The number of halogens is 3. The van der Waals surface area contributed by atoms with Crippen LogP contribution in [0.4, 0.5) is 5.88 Å². The summed E-state index contributed by atoms with van der Waals surface area (Å²) in [5, 5.41) is 12.6. The molecule has 2 aromatic rings. The highest BCUT2D eigenvalue weighted by atomic mass is 35.5. The highest BCUT2D eigenvalue weighted by Gasteiger charge is 2.20. The predicted molar refractivity (Wildman–Crippen MR) is 103 cm³/mol. The Hall–Kier alpha value is -1.78. The minimum atomic E-state index is -0.252. The van der Waals surface area contributed by atoms with Gasteiger partial charge in [-0.1, -0.05) is 34.8 Å². The normalized spacial score (nSPS) is 10.8. The molecule has 0 aliphatic rings. The molecule has 2 rings (SSSR count). The van der Waals surface area contributed by atoms with Crippen LogP contribution in [-0.2, 0) is 4.79 Å². The minimum absolute atomic E-state index is 0.0210. The van der Waals surface area contributed by atoms with Gasteiger partial charge in [0.1, 0.15) is 6.07 Å². The summed E-state index contributed by atoms with van der Waals surface area (Å²) in [5.41, 5.74) is 0.293.